The van der Waals surface area contributed by atoms with Crippen LogP contribution in [0.4, 0.5) is 0 Å². The second-order valence-electron chi connectivity index (χ2n) is 4.51. The minimum absolute atomic E-state index is 0.241. The molecule has 0 aliphatic carbocycles. The van der Waals surface area contributed by atoms with Crippen molar-refractivity contribution in [3.8, 4) is 5.75 Å². The summed E-state index contributed by atoms with van der Waals surface area (Å²) in [6.45, 7) is 2.39. The fourth-order valence-electron chi connectivity index (χ4n) is 1.87. The Kier molecular flexibility index (Phi) is 5.26. The van der Waals surface area contributed by atoms with Gasteiger partial charge in [-0.15, -0.1) is 0 Å². The van der Waals surface area contributed by atoms with Crippen LogP contribution in [0.3, 0.4) is 0 Å². The zero-order chi connectivity index (χ0) is 15.4. The molecule has 3 nitrogen and oxygen atoms in total. The van der Waals surface area contributed by atoms with Gasteiger partial charge >= 0.3 is 5.97 Å². The van der Waals surface area contributed by atoms with Gasteiger partial charge in [-0.3, -0.25) is 0 Å². The van der Waals surface area contributed by atoms with Gasteiger partial charge in [0.05, 0.1) is 5.56 Å². The first-order chi connectivity index (χ1) is 10.0. The summed E-state index contributed by atoms with van der Waals surface area (Å²) in [4.78, 5) is 10.9. The quantitative estimate of drug-likeness (QED) is 0.812. The zero-order valence-corrected chi connectivity index (χ0v) is 13.7. The highest BCUT2D eigenvalue weighted by molar-refractivity contribution is 9.10. The second-order valence-corrected chi connectivity index (χ2v) is 5.77. The van der Waals surface area contributed by atoms with Crippen LogP contribution in [-0.4, -0.2) is 11.1 Å². The maximum absolute atomic E-state index is 10.9. The van der Waals surface area contributed by atoms with Crippen LogP contribution in [0.25, 0.3) is 0 Å². The first kappa shape index (κ1) is 15.9. The summed E-state index contributed by atoms with van der Waals surface area (Å²) >= 11 is 9.43. The highest BCUT2D eigenvalue weighted by atomic mass is 79.9. The SMILES string of the molecule is CCc1cc(OCc2ccc(C(=O)O)cc2Br)ccc1Cl. The van der Waals surface area contributed by atoms with E-state index in [4.69, 9.17) is 21.4 Å². The summed E-state index contributed by atoms with van der Waals surface area (Å²) in [5.41, 5.74) is 2.16. The van der Waals surface area contributed by atoms with Crippen LogP contribution < -0.4 is 4.74 Å². The molecule has 0 atom stereocenters. The third kappa shape index (κ3) is 3.99. The van der Waals surface area contributed by atoms with Gasteiger partial charge in [0.25, 0.3) is 0 Å². The van der Waals surface area contributed by atoms with Gasteiger partial charge in [-0.2, -0.15) is 0 Å². The highest BCUT2D eigenvalue weighted by Crippen LogP contribution is 2.25. The molecule has 2 aromatic carbocycles. The zero-order valence-electron chi connectivity index (χ0n) is 11.4. The lowest BCUT2D eigenvalue weighted by Crippen LogP contribution is -2.00. The molecule has 0 aliphatic rings. The fourth-order valence-corrected chi connectivity index (χ4v) is 2.61. The highest BCUT2D eigenvalue weighted by Gasteiger charge is 2.08. The van der Waals surface area contributed by atoms with Crippen LogP contribution in [0.5, 0.6) is 5.75 Å². The summed E-state index contributed by atoms with van der Waals surface area (Å²) in [5, 5.41) is 9.66. The van der Waals surface area contributed by atoms with E-state index in [2.05, 4.69) is 15.9 Å². The number of rotatable bonds is 5. The summed E-state index contributed by atoms with van der Waals surface area (Å²) in [6, 6.07) is 10.4. The fraction of sp³-hybridized carbons (Fsp3) is 0.188. The summed E-state index contributed by atoms with van der Waals surface area (Å²) in [7, 11) is 0. The van der Waals surface area contributed by atoms with Crippen LogP contribution in [-0.2, 0) is 13.0 Å². The van der Waals surface area contributed by atoms with Gasteiger partial charge in [0.2, 0.25) is 0 Å². The Bertz CT molecular complexity index is 671. The number of aryl methyl sites for hydroxylation is 1. The Labute approximate surface area is 136 Å². The minimum atomic E-state index is -0.951. The molecule has 1 N–H and O–H groups in total. The topological polar surface area (TPSA) is 46.5 Å². The van der Waals surface area contributed by atoms with Crippen LogP contribution in [0, 0.1) is 0 Å². The number of aromatic carboxylic acids is 1. The van der Waals surface area contributed by atoms with E-state index >= 15 is 0 Å². The largest absolute Gasteiger partial charge is 0.489 e. The molecule has 5 heteroatoms. The molecule has 2 rings (SSSR count). The number of benzene rings is 2. The van der Waals surface area contributed by atoms with Crippen molar-refractivity contribution in [2.75, 3.05) is 0 Å². The van der Waals surface area contributed by atoms with Crippen molar-refractivity contribution in [2.24, 2.45) is 0 Å². The molecule has 0 amide bonds. The van der Waals surface area contributed by atoms with Crippen molar-refractivity contribution in [3.05, 3.63) is 62.6 Å². The average Bonchev–Trinajstić information content (AvgIpc) is 2.47. The second kappa shape index (κ2) is 6.96. The molecule has 0 fully saturated rings. The van der Waals surface area contributed by atoms with Gasteiger partial charge in [0, 0.05) is 15.1 Å². The molecule has 0 saturated carbocycles. The van der Waals surface area contributed by atoms with E-state index in [0.29, 0.717) is 11.1 Å². The van der Waals surface area contributed by atoms with Gasteiger partial charge in [-0.05, 0) is 42.3 Å². The Morgan fingerprint density at radius 2 is 2.00 bits per heavy atom. The van der Waals surface area contributed by atoms with E-state index in [9.17, 15) is 4.79 Å². The molecule has 0 saturated heterocycles. The molecular formula is C16H14BrClO3. The van der Waals surface area contributed by atoms with E-state index < -0.39 is 5.97 Å². The van der Waals surface area contributed by atoms with Crippen LogP contribution in [0.15, 0.2) is 40.9 Å². The first-order valence-corrected chi connectivity index (χ1v) is 7.61. The number of ether oxygens (including phenoxy) is 1. The predicted molar refractivity (Wildman–Crippen MR) is 86.3 cm³/mol. The van der Waals surface area contributed by atoms with E-state index in [1.54, 1.807) is 18.2 Å². The Balaban J connectivity index is 2.11. The monoisotopic (exact) mass is 368 g/mol. The average molecular weight is 370 g/mol. The van der Waals surface area contributed by atoms with Gasteiger partial charge in [-0.25, -0.2) is 4.79 Å². The molecule has 2 aromatic rings. The summed E-state index contributed by atoms with van der Waals surface area (Å²) in [5.74, 6) is -0.209. The van der Waals surface area contributed by atoms with Crippen molar-refractivity contribution in [2.45, 2.75) is 20.0 Å². The standard InChI is InChI=1S/C16H14BrClO3/c1-2-10-7-13(5-6-15(10)18)21-9-12-4-3-11(16(19)20)8-14(12)17/h3-8H,2,9H2,1H3,(H,19,20). The summed E-state index contributed by atoms with van der Waals surface area (Å²) < 4.78 is 6.45. The normalized spacial score (nSPS) is 10.4. The lowest BCUT2D eigenvalue weighted by molar-refractivity contribution is 0.0696. The molecule has 0 aliphatic heterocycles. The first-order valence-electron chi connectivity index (χ1n) is 6.44. The molecule has 21 heavy (non-hydrogen) atoms. The molecule has 0 heterocycles. The van der Waals surface area contributed by atoms with Crippen molar-refractivity contribution in [1.29, 1.82) is 0 Å². The van der Waals surface area contributed by atoms with Crippen molar-refractivity contribution < 1.29 is 14.6 Å². The van der Waals surface area contributed by atoms with Crippen LogP contribution >= 0.6 is 27.5 Å². The Morgan fingerprint density at radius 1 is 1.24 bits per heavy atom. The lowest BCUT2D eigenvalue weighted by atomic mass is 10.1. The maximum atomic E-state index is 10.9. The van der Waals surface area contributed by atoms with E-state index in [1.165, 1.54) is 0 Å². The van der Waals surface area contributed by atoms with Crippen LogP contribution in [0.2, 0.25) is 5.02 Å². The number of carbonyl (C=O) groups is 1. The van der Waals surface area contributed by atoms with E-state index in [-0.39, 0.29) is 5.56 Å². The van der Waals surface area contributed by atoms with Crippen LogP contribution in [0.1, 0.15) is 28.4 Å². The smallest absolute Gasteiger partial charge is 0.335 e. The molecular weight excluding hydrogens is 356 g/mol. The van der Waals surface area contributed by atoms with Crippen molar-refractivity contribution in [3.63, 3.8) is 0 Å². The molecule has 0 bridgehead atoms. The third-order valence-electron chi connectivity index (χ3n) is 3.09. The Morgan fingerprint density at radius 3 is 2.62 bits per heavy atom. The number of halogens is 2. The molecule has 0 spiro atoms. The maximum Gasteiger partial charge on any atom is 0.335 e. The van der Waals surface area contributed by atoms with Crippen molar-refractivity contribution in [1.82, 2.24) is 0 Å². The Hall–Kier alpha value is -1.52. The van der Waals surface area contributed by atoms with Gasteiger partial charge in [0.1, 0.15) is 12.4 Å². The van der Waals surface area contributed by atoms with Gasteiger partial charge in [-0.1, -0.05) is 40.5 Å². The van der Waals surface area contributed by atoms with E-state index in [1.807, 2.05) is 25.1 Å². The predicted octanol–water partition coefficient (Wildman–Crippen LogP) is 4.94. The molecule has 0 aromatic heterocycles. The number of carboxylic acids is 1. The third-order valence-corrected chi connectivity index (χ3v) is 4.20. The number of hydrogen-bond acceptors (Lipinski definition) is 2. The minimum Gasteiger partial charge on any atom is -0.489 e. The molecule has 0 radical (unpaired) electrons. The van der Waals surface area contributed by atoms with E-state index in [0.717, 1.165) is 28.3 Å². The molecule has 0 unspecified atom stereocenters. The lowest BCUT2D eigenvalue weighted by Gasteiger charge is -2.10. The number of carboxylic acid groups (broad SMARTS) is 1. The van der Waals surface area contributed by atoms with Gasteiger partial charge < -0.3 is 9.84 Å². The summed E-state index contributed by atoms with van der Waals surface area (Å²) in [6.07, 6.45) is 0.840. The molecule has 110 valence electrons. The van der Waals surface area contributed by atoms with Gasteiger partial charge in [0.15, 0.2) is 0 Å². The number of hydrogen-bond donors (Lipinski definition) is 1. The van der Waals surface area contributed by atoms with Crippen molar-refractivity contribution >= 4 is 33.5 Å².